The van der Waals surface area contributed by atoms with E-state index in [1.54, 1.807) is 0 Å². The van der Waals surface area contributed by atoms with Crippen molar-refractivity contribution in [2.75, 3.05) is 0 Å². The molecule has 0 unspecified atom stereocenters. The van der Waals surface area contributed by atoms with E-state index in [1.165, 1.54) is 0 Å². The molecule has 15 heavy (non-hydrogen) atoms. The number of aldehydes is 2. The third-order valence-corrected chi connectivity index (χ3v) is 2.02. The van der Waals surface area contributed by atoms with Gasteiger partial charge in [0, 0.05) is 0 Å². The van der Waals surface area contributed by atoms with Gasteiger partial charge < -0.3 is 0 Å². The van der Waals surface area contributed by atoms with Gasteiger partial charge in [-0.1, -0.05) is 41.5 Å². The highest BCUT2D eigenvalue weighted by atomic mass is 16.1. The number of carbonyl (C=O) groups excluding carboxylic acids is 2. The Balaban J connectivity index is 5.81. The zero-order chi connectivity index (χ0) is 12.3. The molecule has 0 aliphatic carbocycles. The first-order chi connectivity index (χ1) is 6.62. The smallest absolute Gasteiger partial charge is 0.161 e. The van der Waals surface area contributed by atoms with Gasteiger partial charge in [0.25, 0.3) is 0 Å². The Hall–Kier alpha value is -1.14. The highest BCUT2D eigenvalue weighted by molar-refractivity contribution is 5.99. The molecule has 0 saturated heterocycles. The molecule has 0 aromatic rings. The zero-order valence-electron chi connectivity index (χ0n) is 10.5. The van der Waals surface area contributed by atoms with Crippen LogP contribution in [0.4, 0.5) is 0 Å². The van der Waals surface area contributed by atoms with E-state index in [9.17, 15) is 9.59 Å². The van der Waals surface area contributed by atoms with E-state index in [0.717, 1.165) is 5.57 Å². The largest absolute Gasteiger partial charge is 0.297 e. The monoisotopic (exact) mass is 208 g/mol. The third kappa shape index (κ3) is 4.26. The lowest BCUT2D eigenvalue weighted by Gasteiger charge is -2.32. The average molecular weight is 208 g/mol. The van der Waals surface area contributed by atoms with Crippen LogP contribution in [0.15, 0.2) is 16.9 Å². The van der Waals surface area contributed by atoms with Crippen molar-refractivity contribution < 1.29 is 9.59 Å². The summed E-state index contributed by atoms with van der Waals surface area (Å²) in [4.78, 5) is 21.2. The maximum absolute atomic E-state index is 10.6. The number of carbonyl (C=O) groups is 2. The predicted molar refractivity (Wildman–Crippen MR) is 61.6 cm³/mol. The first-order valence-electron chi connectivity index (χ1n) is 5.05. The van der Waals surface area contributed by atoms with Crippen LogP contribution in [0.25, 0.3) is 0 Å². The molecule has 0 aromatic heterocycles. The fraction of sp³-hybridized carbons (Fsp3) is 0.615. The Kier molecular flexibility index (Phi) is 4.24. The summed E-state index contributed by atoms with van der Waals surface area (Å²) in [5.41, 5.74) is 3.78. The summed E-state index contributed by atoms with van der Waals surface area (Å²) in [6.07, 6.45) is 1.09. The molecule has 84 valence electrons. The van der Waals surface area contributed by atoms with Crippen molar-refractivity contribution >= 4 is 12.6 Å². The molecule has 2 heteroatoms. The van der Waals surface area contributed by atoms with Crippen LogP contribution < -0.4 is 0 Å². The Bertz CT molecular complexity index is 289. The van der Waals surface area contributed by atoms with Gasteiger partial charge in [0.15, 0.2) is 12.6 Å². The molecule has 0 amide bonds. The van der Waals surface area contributed by atoms with E-state index in [-0.39, 0.29) is 16.4 Å². The molecule has 0 radical (unpaired) electrons. The molecule has 0 rings (SSSR count). The standard InChI is InChI=1S/C13H20O2/c1-12(2,3)11(13(4,5)6)7-10(8-14)9-15/h8-9H,1-6H3. The third-order valence-electron chi connectivity index (χ3n) is 2.02. The Morgan fingerprint density at radius 2 is 1.20 bits per heavy atom. The van der Waals surface area contributed by atoms with Gasteiger partial charge in [-0.05, 0) is 16.4 Å². The zero-order valence-corrected chi connectivity index (χ0v) is 10.5. The highest BCUT2D eigenvalue weighted by Crippen LogP contribution is 2.38. The summed E-state index contributed by atoms with van der Waals surface area (Å²) in [6, 6.07) is 0. The summed E-state index contributed by atoms with van der Waals surface area (Å²) >= 11 is 0. The molecular formula is C13H20O2. The van der Waals surface area contributed by atoms with E-state index in [4.69, 9.17) is 0 Å². The molecule has 0 spiro atoms. The van der Waals surface area contributed by atoms with E-state index < -0.39 is 0 Å². The van der Waals surface area contributed by atoms with Gasteiger partial charge >= 0.3 is 0 Å². The molecule has 0 aliphatic rings. The van der Waals surface area contributed by atoms with Crippen LogP contribution >= 0.6 is 0 Å². The van der Waals surface area contributed by atoms with Crippen LogP contribution in [0, 0.1) is 10.8 Å². The maximum Gasteiger partial charge on any atom is 0.161 e. The second-order valence-corrected chi connectivity index (χ2v) is 5.69. The maximum atomic E-state index is 10.6. The van der Waals surface area contributed by atoms with Crippen LogP contribution in [0.2, 0.25) is 0 Å². The van der Waals surface area contributed by atoms with Crippen molar-refractivity contribution in [1.82, 2.24) is 0 Å². The Morgan fingerprint density at radius 3 is 1.40 bits per heavy atom. The lowest BCUT2D eigenvalue weighted by Crippen LogP contribution is -2.21. The van der Waals surface area contributed by atoms with E-state index in [1.807, 2.05) is 41.5 Å². The predicted octanol–water partition coefficient (Wildman–Crippen LogP) is 2.93. The van der Waals surface area contributed by atoms with E-state index in [2.05, 4.69) is 5.73 Å². The summed E-state index contributed by atoms with van der Waals surface area (Å²) in [6.45, 7) is 12.3. The van der Waals surface area contributed by atoms with E-state index >= 15 is 0 Å². The molecule has 0 N–H and O–H groups in total. The minimum absolute atomic E-state index is 0.0786. The second-order valence-electron chi connectivity index (χ2n) is 5.69. The molecule has 0 bridgehead atoms. The number of hydrogen-bond donors (Lipinski definition) is 0. The van der Waals surface area contributed by atoms with Crippen LogP contribution in [0.5, 0.6) is 0 Å². The van der Waals surface area contributed by atoms with Gasteiger partial charge in [0.2, 0.25) is 0 Å². The average Bonchev–Trinajstić information content (AvgIpc) is 2.01. The normalized spacial score (nSPS) is 11.6. The van der Waals surface area contributed by atoms with E-state index in [0.29, 0.717) is 12.6 Å². The molecule has 2 nitrogen and oxygen atoms in total. The van der Waals surface area contributed by atoms with Crippen molar-refractivity contribution in [3.05, 3.63) is 16.9 Å². The molecule has 0 saturated carbocycles. The quantitative estimate of drug-likeness (QED) is 0.230. The van der Waals surface area contributed by atoms with Crippen molar-refractivity contribution in [3.8, 4) is 0 Å². The molecule has 0 atom stereocenters. The van der Waals surface area contributed by atoms with Gasteiger partial charge in [-0.25, -0.2) is 0 Å². The molecule has 0 aromatic carbocycles. The fourth-order valence-electron chi connectivity index (χ4n) is 1.73. The van der Waals surface area contributed by atoms with Crippen molar-refractivity contribution in [3.63, 3.8) is 0 Å². The minimum atomic E-state index is -0.102. The molecule has 0 aliphatic heterocycles. The first-order valence-corrected chi connectivity index (χ1v) is 5.05. The summed E-state index contributed by atoms with van der Waals surface area (Å²) in [5.74, 6) is 0. The highest BCUT2D eigenvalue weighted by Gasteiger charge is 2.27. The van der Waals surface area contributed by atoms with Crippen LogP contribution in [0.1, 0.15) is 41.5 Å². The number of hydrogen-bond acceptors (Lipinski definition) is 2. The topological polar surface area (TPSA) is 34.1 Å². The lowest BCUT2D eigenvalue weighted by molar-refractivity contribution is -0.109. The SMILES string of the molecule is CC(C)(C)C(=C=C(C=O)C=O)C(C)(C)C. The van der Waals surface area contributed by atoms with Crippen molar-refractivity contribution in [2.24, 2.45) is 10.8 Å². The molecule has 0 fully saturated rings. The fourth-order valence-corrected chi connectivity index (χ4v) is 1.73. The number of allylic oxidation sites excluding steroid dienone is 1. The second kappa shape index (κ2) is 4.59. The molecule has 0 heterocycles. The summed E-state index contributed by atoms with van der Waals surface area (Å²) in [7, 11) is 0. The van der Waals surface area contributed by atoms with Gasteiger partial charge in [-0.2, -0.15) is 0 Å². The van der Waals surface area contributed by atoms with Crippen LogP contribution in [0.3, 0.4) is 0 Å². The van der Waals surface area contributed by atoms with Gasteiger partial charge in [-0.15, -0.1) is 5.73 Å². The minimum Gasteiger partial charge on any atom is -0.297 e. The Morgan fingerprint density at radius 1 is 0.867 bits per heavy atom. The summed E-state index contributed by atoms with van der Waals surface area (Å²) in [5, 5.41) is 0. The van der Waals surface area contributed by atoms with Crippen LogP contribution in [-0.2, 0) is 9.59 Å². The van der Waals surface area contributed by atoms with Crippen molar-refractivity contribution in [2.45, 2.75) is 41.5 Å². The van der Waals surface area contributed by atoms with Gasteiger partial charge in [0.05, 0.1) is 5.57 Å². The lowest BCUT2D eigenvalue weighted by atomic mass is 9.72. The Labute approximate surface area is 92.1 Å². The first kappa shape index (κ1) is 13.9. The van der Waals surface area contributed by atoms with Crippen LogP contribution in [-0.4, -0.2) is 12.6 Å². The number of rotatable bonds is 2. The summed E-state index contributed by atoms with van der Waals surface area (Å²) < 4.78 is 0. The van der Waals surface area contributed by atoms with Gasteiger partial charge in [0.1, 0.15) is 0 Å². The van der Waals surface area contributed by atoms with Crippen molar-refractivity contribution in [1.29, 1.82) is 0 Å². The molecular weight excluding hydrogens is 188 g/mol. The van der Waals surface area contributed by atoms with Gasteiger partial charge in [-0.3, -0.25) is 9.59 Å².